The number of rotatable bonds is 5. The first-order valence-electron chi connectivity index (χ1n) is 6.51. The van der Waals surface area contributed by atoms with E-state index < -0.39 is 5.91 Å². The number of pyridine rings is 1. The highest BCUT2D eigenvalue weighted by atomic mass is 35.5. The lowest BCUT2D eigenvalue weighted by atomic mass is 10.2. The number of hydrogen-bond donors (Lipinski definition) is 2. The Morgan fingerprint density at radius 3 is 2.23 bits per heavy atom. The van der Waals surface area contributed by atoms with Gasteiger partial charge in [0.25, 0.3) is 11.8 Å². The van der Waals surface area contributed by atoms with Gasteiger partial charge in [-0.2, -0.15) is 0 Å². The third kappa shape index (κ3) is 4.44. The zero-order chi connectivity index (χ0) is 15.9. The molecule has 0 aliphatic heterocycles. The van der Waals surface area contributed by atoms with E-state index in [0.717, 1.165) is 0 Å². The average molecular weight is 338 g/mol. The van der Waals surface area contributed by atoms with E-state index in [0.29, 0.717) is 5.56 Å². The molecule has 2 rings (SSSR count). The van der Waals surface area contributed by atoms with Gasteiger partial charge in [0.05, 0.1) is 5.02 Å². The molecule has 7 heteroatoms. The van der Waals surface area contributed by atoms with Crippen molar-refractivity contribution in [2.24, 2.45) is 0 Å². The molecule has 0 aliphatic carbocycles. The normalized spacial score (nSPS) is 10.1. The fraction of sp³-hybridized carbons (Fsp3) is 0.133. The largest absolute Gasteiger partial charge is 0.350 e. The highest BCUT2D eigenvalue weighted by Gasteiger charge is 2.12. The van der Waals surface area contributed by atoms with E-state index in [1.165, 1.54) is 12.1 Å². The number of carbonyl (C=O) groups is 2. The van der Waals surface area contributed by atoms with Crippen LogP contribution in [-0.4, -0.2) is 29.9 Å². The van der Waals surface area contributed by atoms with E-state index in [1.807, 2.05) is 6.07 Å². The van der Waals surface area contributed by atoms with Crippen LogP contribution in [0.25, 0.3) is 0 Å². The number of carbonyl (C=O) groups excluding carboxylic acids is 2. The maximum Gasteiger partial charge on any atom is 0.271 e. The standard InChI is InChI=1S/C15H13Cl2N3O2/c16-11-6-7-12(17)20-13(11)15(22)19-9-8-18-14(21)10-4-2-1-3-5-10/h1-7H,8-9H2,(H,18,21)(H,19,22). The summed E-state index contributed by atoms with van der Waals surface area (Å²) in [6, 6.07) is 11.8. The van der Waals surface area contributed by atoms with Gasteiger partial charge >= 0.3 is 0 Å². The second-order valence-electron chi connectivity index (χ2n) is 4.34. The van der Waals surface area contributed by atoms with Crippen molar-refractivity contribution in [1.82, 2.24) is 15.6 Å². The fourth-order valence-electron chi connectivity index (χ4n) is 1.70. The van der Waals surface area contributed by atoms with E-state index in [-0.39, 0.29) is 34.9 Å². The molecule has 0 radical (unpaired) electrons. The highest BCUT2D eigenvalue weighted by Crippen LogP contribution is 2.16. The van der Waals surface area contributed by atoms with Crippen LogP contribution in [0.1, 0.15) is 20.8 Å². The molecule has 1 heterocycles. The second-order valence-corrected chi connectivity index (χ2v) is 5.14. The molecule has 2 N–H and O–H groups in total. The van der Waals surface area contributed by atoms with E-state index in [1.54, 1.807) is 24.3 Å². The number of halogens is 2. The summed E-state index contributed by atoms with van der Waals surface area (Å²) in [5.74, 6) is -0.643. The number of hydrogen-bond acceptors (Lipinski definition) is 3. The predicted molar refractivity (Wildman–Crippen MR) is 85.4 cm³/mol. The van der Waals surface area contributed by atoms with Crippen LogP contribution in [0.15, 0.2) is 42.5 Å². The van der Waals surface area contributed by atoms with Crippen LogP contribution in [0.4, 0.5) is 0 Å². The first kappa shape index (κ1) is 16.3. The summed E-state index contributed by atoms with van der Waals surface area (Å²) in [4.78, 5) is 27.6. The van der Waals surface area contributed by atoms with E-state index >= 15 is 0 Å². The van der Waals surface area contributed by atoms with Gasteiger partial charge in [-0.3, -0.25) is 9.59 Å². The van der Waals surface area contributed by atoms with Crippen molar-refractivity contribution in [1.29, 1.82) is 0 Å². The Hall–Kier alpha value is -2.11. The summed E-state index contributed by atoms with van der Waals surface area (Å²) in [5.41, 5.74) is 0.622. The van der Waals surface area contributed by atoms with Crippen LogP contribution in [0.5, 0.6) is 0 Å². The lowest BCUT2D eigenvalue weighted by Crippen LogP contribution is -2.35. The van der Waals surface area contributed by atoms with Crippen LogP contribution >= 0.6 is 23.2 Å². The molecule has 0 fully saturated rings. The maximum absolute atomic E-state index is 11.9. The first-order valence-corrected chi connectivity index (χ1v) is 7.27. The average Bonchev–Trinajstić information content (AvgIpc) is 2.54. The third-order valence-corrected chi connectivity index (χ3v) is 3.27. The van der Waals surface area contributed by atoms with Crippen molar-refractivity contribution < 1.29 is 9.59 Å². The van der Waals surface area contributed by atoms with Crippen LogP contribution in [0.2, 0.25) is 10.2 Å². The Labute approximate surface area is 137 Å². The van der Waals surface area contributed by atoms with Crippen LogP contribution in [-0.2, 0) is 0 Å². The molecule has 5 nitrogen and oxygen atoms in total. The summed E-state index contributed by atoms with van der Waals surface area (Å²) < 4.78 is 0. The molecule has 1 aromatic carbocycles. The number of nitrogens with zero attached hydrogens (tertiary/aromatic N) is 1. The van der Waals surface area contributed by atoms with Crippen molar-refractivity contribution in [3.63, 3.8) is 0 Å². The van der Waals surface area contributed by atoms with Crippen molar-refractivity contribution in [3.8, 4) is 0 Å². The Kier molecular flexibility index (Phi) is 5.75. The number of aromatic nitrogens is 1. The molecule has 1 aromatic heterocycles. The minimum absolute atomic E-state index is 0.0588. The zero-order valence-corrected chi connectivity index (χ0v) is 13.0. The van der Waals surface area contributed by atoms with E-state index in [9.17, 15) is 9.59 Å². The quantitative estimate of drug-likeness (QED) is 0.650. The Bertz CT molecular complexity index is 678. The molecular weight excluding hydrogens is 325 g/mol. The fourth-order valence-corrected chi connectivity index (χ4v) is 2.04. The van der Waals surface area contributed by atoms with Crippen LogP contribution < -0.4 is 10.6 Å². The summed E-state index contributed by atoms with van der Waals surface area (Å²) in [6.45, 7) is 0.541. The third-order valence-electron chi connectivity index (χ3n) is 2.76. The molecule has 0 saturated heterocycles. The molecule has 0 unspecified atom stereocenters. The van der Waals surface area contributed by atoms with Crippen molar-refractivity contribution in [3.05, 3.63) is 63.9 Å². The maximum atomic E-state index is 11.9. The molecule has 0 bridgehead atoms. The Balaban J connectivity index is 1.80. The van der Waals surface area contributed by atoms with E-state index in [4.69, 9.17) is 23.2 Å². The van der Waals surface area contributed by atoms with Gasteiger partial charge in [0, 0.05) is 18.7 Å². The summed E-state index contributed by atoms with van der Waals surface area (Å²) in [6.07, 6.45) is 0. The Morgan fingerprint density at radius 1 is 0.909 bits per heavy atom. The molecule has 0 saturated carbocycles. The predicted octanol–water partition coefficient (Wildman–Crippen LogP) is 2.55. The summed E-state index contributed by atoms with van der Waals surface area (Å²) >= 11 is 11.6. The molecule has 0 spiro atoms. The number of nitrogens with one attached hydrogen (secondary N) is 2. The minimum Gasteiger partial charge on any atom is -0.350 e. The lowest BCUT2D eigenvalue weighted by Gasteiger charge is -2.08. The van der Waals surface area contributed by atoms with Gasteiger partial charge in [-0.1, -0.05) is 41.4 Å². The number of benzene rings is 1. The van der Waals surface area contributed by atoms with Gasteiger partial charge in [-0.15, -0.1) is 0 Å². The molecule has 2 aromatic rings. The van der Waals surface area contributed by atoms with Gasteiger partial charge in [-0.25, -0.2) is 4.98 Å². The molecule has 114 valence electrons. The molecule has 0 atom stereocenters. The number of amides is 2. The lowest BCUT2D eigenvalue weighted by molar-refractivity contribution is 0.0925. The van der Waals surface area contributed by atoms with Crippen molar-refractivity contribution >= 4 is 35.0 Å². The highest BCUT2D eigenvalue weighted by molar-refractivity contribution is 6.34. The van der Waals surface area contributed by atoms with Gasteiger partial charge in [0.15, 0.2) is 0 Å². The van der Waals surface area contributed by atoms with Gasteiger partial charge in [-0.05, 0) is 24.3 Å². The summed E-state index contributed by atoms with van der Waals surface area (Å²) in [7, 11) is 0. The van der Waals surface area contributed by atoms with E-state index in [2.05, 4.69) is 15.6 Å². The molecule has 0 aliphatic rings. The monoisotopic (exact) mass is 337 g/mol. The SMILES string of the molecule is O=C(NCCNC(=O)c1nc(Cl)ccc1Cl)c1ccccc1. The topological polar surface area (TPSA) is 71.1 Å². The first-order chi connectivity index (χ1) is 10.6. The van der Waals surface area contributed by atoms with Gasteiger partial charge in [0.2, 0.25) is 0 Å². The second kappa shape index (κ2) is 7.77. The molecule has 2 amide bonds. The van der Waals surface area contributed by atoms with Gasteiger partial charge < -0.3 is 10.6 Å². The van der Waals surface area contributed by atoms with Gasteiger partial charge in [0.1, 0.15) is 10.8 Å². The van der Waals surface area contributed by atoms with Crippen molar-refractivity contribution in [2.75, 3.05) is 13.1 Å². The van der Waals surface area contributed by atoms with Crippen LogP contribution in [0, 0.1) is 0 Å². The summed E-state index contributed by atoms with van der Waals surface area (Å²) in [5, 5.41) is 5.72. The molecular formula is C15H13Cl2N3O2. The minimum atomic E-state index is -0.443. The zero-order valence-electron chi connectivity index (χ0n) is 11.5. The smallest absolute Gasteiger partial charge is 0.271 e. The Morgan fingerprint density at radius 2 is 1.55 bits per heavy atom. The van der Waals surface area contributed by atoms with Crippen molar-refractivity contribution in [2.45, 2.75) is 0 Å². The molecule has 22 heavy (non-hydrogen) atoms. The van der Waals surface area contributed by atoms with Crippen LogP contribution in [0.3, 0.4) is 0 Å².